The van der Waals surface area contributed by atoms with Gasteiger partial charge in [0, 0.05) is 30.9 Å². The number of carboxylic acid groups (broad SMARTS) is 1. The summed E-state index contributed by atoms with van der Waals surface area (Å²) in [6.45, 7) is 0.601. The number of fused-ring (bicyclic) bond motifs is 1. The molecule has 1 heterocycles. The summed E-state index contributed by atoms with van der Waals surface area (Å²) < 4.78 is 1.99. The molecule has 0 atom stereocenters. The minimum absolute atomic E-state index is 0.0239. The van der Waals surface area contributed by atoms with Gasteiger partial charge in [0.2, 0.25) is 0 Å². The largest absolute Gasteiger partial charge is 0.481 e. The van der Waals surface area contributed by atoms with E-state index in [0.29, 0.717) is 13.0 Å². The van der Waals surface area contributed by atoms with Crippen LogP contribution in [-0.4, -0.2) is 21.4 Å². The summed E-state index contributed by atoms with van der Waals surface area (Å²) in [5, 5.41) is 8.97. The maximum absolute atomic E-state index is 11.9. The molecule has 0 aliphatic heterocycles. The van der Waals surface area contributed by atoms with Crippen molar-refractivity contribution in [1.82, 2.24) is 4.57 Å². The third kappa shape index (κ3) is 2.89. The molecule has 3 rings (SSSR count). The highest BCUT2D eigenvalue weighted by Gasteiger charge is 2.19. The van der Waals surface area contributed by atoms with Gasteiger partial charge in [0.15, 0.2) is 5.78 Å². The van der Waals surface area contributed by atoms with Crippen molar-refractivity contribution in [3.8, 4) is 0 Å². The molecule has 0 amide bonds. The lowest BCUT2D eigenvalue weighted by Crippen LogP contribution is -2.07. The van der Waals surface area contributed by atoms with Crippen LogP contribution in [-0.2, 0) is 24.2 Å². The number of carbonyl (C=O) groups is 2. The molecular weight excluding hydrogens is 266 g/mol. The number of aliphatic carboxylic acids is 1. The highest BCUT2D eigenvalue weighted by Crippen LogP contribution is 2.23. The van der Waals surface area contributed by atoms with Crippen LogP contribution >= 0.6 is 0 Å². The summed E-state index contributed by atoms with van der Waals surface area (Å²) in [7, 11) is 0. The van der Waals surface area contributed by atoms with E-state index in [-0.39, 0.29) is 12.2 Å². The van der Waals surface area contributed by atoms with Crippen molar-refractivity contribution in [2.45, 2.75) is 32.2 Å². The Morgan fingerprint density at radius 1 is 1.14 bits per heavy atom. The molecule has 2 aromatic rings. The van der Waals surface area contributed by atoms with Crippen LogP contribution < -0.4 is 0 Å². The molecular formula is C17H17NO3. The first-order chi connectivity index (χ1) is 10.1. The van der Waals surface area contributed by atoms with Crippen LogP contribution in [0.3, 0.4) is 0 Å². The molecule has 0 fully saturated rings. The van der Waals surface area contributed by atoms with Gasteiger partial charge in [-0.1, -0.05) is 24.3 Å². The molecule has 0 saturated carbocycles. The molecule has 1 aromatic heterocycles. The first kappa shape index (κ1) is 13.6. The molecule has 21 heavy (non-hydrogen) atoms. The molecule has 1 aliphatic rings. The Labute approximate surface area is 123 Å². The molecule has 0 unspecified atom stereocenters. The van der Waals surface area contributed by atoms with Gasteiger partial charge in [-0.15, -0.1) is 0 Å². The van der Waals surface area contributed by atoms with E-state index in [2.05, 4.69) is 0 Å². The van der Waals surface area contributed by atoms with Crippen LogP contribution in [0.25, 0.3) is 0 Å². The number of benzene rings is 1. The average molecular weight is 283 g/mol. The topological polar surface area (TPSA) is 59.3 Å². The van der Waals surface area contributed by atoms with Crippen LogP contribution in [0.1, 0.15) is 39.9 Å². The van der Waals surface area contributed by atoms with Crippen molar-refractivity contribution in [2.24, 2.45) is 0 Å². The van der Waals surface area contributed by atoms with Gasteiger partial charge < -0.3 is 9.67 Å². The first-order valence-corrected chi connectivity index (χ1v) is 7.14. The number of Topliss-reactive ketones (excluding diaryl/α,β-unsaturated/α-hetero) is 1. The number of hydrogen-bond donors (Lipinski definition) is 1. The van der Waals surface area contributed by atoms with Gasteiger partial charge in [0.1, 0.15) is 0 Å². The van der Waals surface area contributed by atoms with Crippen LogP contribution in [0, 0.1) is 0 Å². The van der Waals surface area contributed by atoms with E-state index in [1.807, 2.05) is 41.2 Å². The third-order valence-electron chi connectivity index (χ3n) is 3.93. The lowest BCUT2D eigenvalue weighted by Gasteiger charge is -2.08. The minimum atomic E-state index is -0.829. The van der Waals surface area contributed by atoms with Crippen molar-refractivity contribution in [2.75, 3.05) is 0 Å². The molecule has 108 valence electrons. The zero-order valence-electron chi connectivity index (χ0n) is 11.7. The van der Waals surface area contributed by atoms with Crippen LogP contribution in [0.5, 0.6) is 0 Å². The minimum Gasteiger partial charge on any atom is -0.481 e. The van der Waals surface area contributed by atoms with E-state index >= 15 is 0 Å². The van der Waals surface area contributed by atoms with Gasteiger partial charge in [0.25, 0.3) is 0 Å². The molecule has 1 N–H and O–H groups in total. The van der Waals surface area contributed by atoms with Crippen molar-refractivity contribution in [3.05, 3.63) is 58.9 Å². The summed E-state index contributed by atoms with van der Waals surface area (Å²) in [5.74, 6) is -0.613. The fourth-order valence-corrected chi connectivity index (χ4v) is 2.92. The third-order valence-corrected chi connectivity index (χ3v) is 3.93. The van der Waals surface area contributed by atoms with Crippen molar-refractivity contribution < 1.29 is 14.7 Å². The molecule has 1 aromatic carbocycles. The number of carboxylic acids is 1. The average Bonchev–Trinajstić information content (AvgIpc) is 2.84. The summed E-state index contributed by atoms with van der Waals surface area (Å²) in [5.41, 5.74) is 3.75. The highest BCUT2D eigenvalue weighted by molar-refractivity contribution is 5.98. The monoisotopic (exact) mass is 283 g/mol. The number of rotatable bonds is 4. The Kier molecular flexibility index (Phi) is 3.60. The Bertz CT molecular complexity index is 700. The second kappa shape index (κ2) is 5.56. The van der Waals surface area contributed by atoms with Crippen molar-refractivity contribution in [3.63, 3.8) is 0 Å². The van der Waals surface area contributed by atoms with Crippen molar-refractivity contribution in [1.29, 1.82) is 0 Å². The van der Waals surface area contributed by atoms with Crippen LogP contribution in [0.2, 0.25) is 0 Å². The van der Waals surface area contributed by atoms with E-state index in [0.717, 1.165) is 35.1 Å². The SMILES string of the molecule is O=C(O)Cc1ccccc1Cn1cc2c(c1)C(=O)CCC2. The van der Waals surface area contributed by atoms with E-state index in [4.69, 9.17) is 5.11 Å². The second-order valence-corrected chi connectivity index (χ2v) is 5.49. The normalized spacial score (nSPS) is 14.0. The zero-order valence-corrected chi connectivity index (χ0v) is 11.7. The van der Waals surface area contributed by atoms with E-state index < -0.39 is 5.97 Å². The summed E-state index contributed by atoms with van der Waals surface area (Å²) in [6, 6.07) is 7.55. The van der Waals surface area contributed by atoms with E-state index in [1.165, 1.54) is 0 Å². The first-order valence-electron chi connectivity index (χ1n) is 7.14. The lowest BCUT2D eigenvalue weighted by atomic mass is 9.95. The predicted molar refractivity (Wildman–Crippen MR) is 78.6 cm³/mol. The fourth-order valence-electron chi connectivity index (χ4n) is 2.92. The van der Waals surface area contributed by atoms with Crippen LogP contribution in [0.4, 0.5) is 0 Å². The Balaban J connectivity index is 1.87. The second-order valence-electron chi connectivity index (χ2n) is 5.49. The standard InChI is InChI=1S/C17H17NO3/c19-16-7-3-6-14-10-18(11-15(14)16)9-13-5-2-1-4-12(13)8-17(20)21/h1-2,4-5,10-11H,3,6-9H2,(H,20,21). The summed E-state index contributed by atoms with van der Waals surface area (Å²) >= 11 is 0. The van der Waals surface area contributed by atoms with E-state index in [1.54, 1.807) is 0 Å². The lowest BCUT2D eigenvalue weighted by molar-refractivity contribution is -0.136. The Hall–Kier alpha value is -2.36. The van der Waals surface area contributed by atoms with E-state index in [9.17, 15) is 9.59 Å². The maximum atomic E-state index is 11.9. The van der Waals surface area contributed by atoms with Crippen LogP contribution in [0.15, 0.2) is 36.7 Å². The molecule has 4 heteroatoms. The number of aryl methyl sites for hydroxylation is 1. The summed E-state index contributed by atoms with van der Waals surface area (Å²) in [4.78, 5) is 22.8. The predicted octanol–water partition coefficient (Wildman–Crippen LogP) is 2.68. The fraction of sp³-hybridized carbons (Fsp3) is 0.294. The van der Waals surface area contributed by atoms with Gasteiger partial charge in [-0.3, -0.25) is 9.59 Å². The van der Waals surface area contributed by atoms with Gasteiger partial charge >= 0.3 is 5.97 Å². The number of ketones is 1. The quantitative estimate of drug-likeness (QED) is 0.938. The maximum Gasteiger partial charge on any atom is 0.307 e. The Morgan fingerprint density at radius 3 is 2.62 bits per heavy atom. The number of carbonyl (C=O) groups excluding carboxylic acids is 1. The summed E-state index contributed by atoms with van der Waals surface area (Å²) in [6.07, 6.45) is 6.44. The van der Waals surface area contributed by atoms with Gasteiger partial charge in [-0.05, 0) is 29.5 Å². The molecule has 0 bridgehead atoms. The number of aromatic nitrogens is 1. The molecule has 1 aliphatic carbocycles. The molecule has 0 spiro atoms. The van der Waals surface area contributed by atoms with Gasteiger partial charge in [-0.25, -0.2) is 0 Å². The van der Waals surface area contributed by atoms with Crippen molar-refractivity contribution >= 4 is 11.8 Å². The number of nitrogens with zero attached hydrogens (tertiary/aromatic N) is 1. The van der Waals surface area contributed by atoms with Gasteiger partial charge in [0.05, 0.1) is 6.42 Å². The smallest absolute Gasteiger partial charge is 0.307 e. The molecule has 0 radical (unpaired) electrons. The highest BCUT2D eigenvalue weighted by atomic mass is 16.4. The molecule has 0 saturated heterocycles. The number of hydrogen-bond acceptors (Lipinski definition) is 2. The zero-order chi connectivity index (χ0) is 14.8. The Morgan fingerprint density at radius 2 is 1.90 bits per heavy atom. The van der Waals surface area contributed by atoms with Gasteiger partial charge in [-0.2, -0.15) is 0 Å². The molecule has 4 nitrogen and oxygen atoms in total.